The topological polar surface area (TPSA) is 57.6 Å². The Bertz CT molecular complexity index is 362. The molecule has 0 aliphatic heterocycles. The fourth-order valence-electron chi connectivity index (χ4n) is 1.39. The molecule has 0 atom stereocenters. The maximum Gasteiger partial charge on any atom is 0.394 e. The number of anilines is 1. The lowest BCUT2D eigenvalue weighted by molar-refractivity contribution is -0.148. The molecule has 1 rings (SSSR count). The van der Waals surface area contributed by atoms with Gasteiger partial charge in [-0.1, -0.05) is 31.5 Å². The van der Waals surface area contributed by atoms with Crippen molar-refractivity contribution in [3.8, 4) is 0 Å². The largest absolute Gasteiger partial charge is 0.474 e. The summed E-state index contributed by atoms with van der Waals surface area (Å²) >= 11 is 0. The Labute approximate surface area is 94.5 Å². The fourth-order valence-corrected chi connectivity index (χ4v) is 1.39. The van der Waals surface area contributed by atoms with Gasteiger partial charge in [0.1, 0.15) is 0 Å². The quantitative estimate of drug-likeness (QED) is 0.790. The maximum absolute atomic E-state index is 11.5. The van der Waals surface area contributed by atoms with Crippen molar-refractivity contribution in [1.82, 2.24) is 0 Å². The molecule has 0 heterocycles. The Balaban J connectivity index is 2.87. The van der Waals surface area contributed by atoms with Crippen LogP contribution in [-0.4, -0.2) is 23.5 Å². The molecule has 1 aromatic carbocycles. The van der Waals surface area contributed by atoms with E-state index < -0.39 is 11.9 Å². The van der Waals surface area contributed by atoms with Crippen molar-refractivity contribution < 1.29 is 14.7 Å². The Hall–Kier alpha value is -1.84. The summed E-state index contributed by atoms with van der Waals surface area (Å²) in [6.45, 7) is 2.43. The molecule has 4 nitrogen and oxygen atoms in total. The lowest BCUT2D eigenvalue weighted by Gasteiger charge is -2.20. The minimum Gasteiger partial charge on any atom is -0.474 e. The summed E-state index contributed by atoms with van der Waals surface area (Å²) in [4.78, 5) is 23.5. The highest BCUT2D eigenvalue weighted by Gasteiger charge is 2.21. The first-order valence-electron chi connectivity index (χ1n) is 5.26. The van der Waals surface area contributed by atoms with E-state index in [9.17, 15) is 9.59 Å². The van der Waals surface area contributed by atoms with Gasteiger partial charge in [-0.3, -0.25) is 4.79 Å². The highest BCUT2D eigenvalue weighted by atomic mass is 16.4. The third-order valence-electron chi connectivity index (χ3n) is 2.23. The average molecular weight is 221 g/mol. The van der Waals surface area contributed by atoms with Crippen LogP contribution in [0.15, 0.2) is 30.3 Å². The standard InChI is InChI=1S/C12H15NO3/c1-2-3-9-13(11(14)12(15)16)10-7-5-4-6-8-10/h4-8H,2-3,9H2,1H3,(H,15,16). The minimum atomic E-state index is -1.42. The number of carbonyl (C=O) groups is 2. The number of unbranched alkanes of at least 4 members (excludes halogenated alkanes) is 1. The molecule has 0 aromatic heterocycles. The Morgan fingerprint density at radius 2 is 1.88 bits per heavy atom. The number of carboxylic acid groups (broad SMARTS) is 1. The number of aliphatic carboxylic acids is 1. The summed E-state index contributed by atoms with van der Waals surface area (Å²) in [6, 6.07) is 8.85. The van der Waals surface area contributed by atoms with Crippen LogP contribution in [0.4, 0.5) is 5.69 Å². The van der Waals surface area contributed by atoms with Crippen LogP contribution in [0.2, 0.25) is 0 Å². The van der Waals surface area contributed by atoms with Crippen molar-refractivity contribution in [3.63, 3.8) is 0 Å². The second kappa shape index (κ2) is 5.90. The van der Waals surface area contributed by atoms with Gasteiger partial charge in [-0.05, 0) is 18.6 Å². The summed E-state index contributed by atoms with van der Waals surface area (Å²) in [5.74, 6) is -2.29. The highest BCUT2D eigenvalue weighted by Crippen LogP contribution is 2.14. The van der Waals surface area contributed by atoms with E-state index in [1.807, 2.05) is 13.0 Å². The Morgan fingerprint density at radius 3 is 2.38 bits per heavy atom. The van der Waals surface area contributed by atoms with E-state index in [0.717, 1.165) is 12.8 Å². The number of nitrogens with zero attached hydrogens (tertiary/aromatic N) is 1. The molecule has 1 amide bonds. The molecule has 1 aromatic rings. The summed E-state index contributed by atoms with van der Waals surface area (Å²) in [5.41, 5.74) is 0.628. The van der Waals surface area contributed by atoms with Crippen LogP contribution < -0.4 is 4.90 Å². The second-order valence-electron chi connectivity index (χ2n) is 3.45. The molecule has 0 bridgehead atoms. The number of carbonyl (C=O) groups excluding carboxylic acids is 1. The van der Waals surface area contributed by atoms with E-state index in [-0.39, 0.29) is 0 Å². The van der Waals surface area contributed by atoms with Gasteiger partial charge in [0.25, 0.3) is 0 Å². The first kappa shape index (κ1) is 12.2. The maximum atomic E-state index is 11.5. The number of benzene rings is 1. The van der Waals surface area contributed by atoms with E-state index in [2.05, 4.69) is 0 Å². The SMILES string of the molecule is CCCCN(C(=O)C(=O)O)c1ccccc1. The highest BCUT2D eigenvalue weighted by molar-refractivity contribution is 6.37. The molecule has 1 N–H and O–H groups in total. The van der Waals surface area contributed by atoms with Gasteiger partial charge in [0.05, 0.1) is 0 Å². The zero-order valence-electron chi connectivity index (χ0n) is 9.22. The van der Waals surface area contributed by atoms with Crippen molar-refractivity contribution in [3.05, 3.63) is 30.3 Å². The number of rotatable bonds is 4. The van der Waals surface area contributed by atoms with Gasteiger partial charge in [-0.25, -0.2) is 4.79 Å². The summed E-state index contributed by atoms with van der Waals surface area (Å²) < 4.78 is 0. The zero-order valence-corrected chi connectivity index (χ0v) is 9.22. The van der Waals surface area contributed by atoms with Crippen molar-refractivity contribution >= 4 is 17.6 Å². The zero-order chi connectivity index (χ0) is 12.0. The fraction of sp³-hybridized carbons (Fsp3) is 0.333. The van der Waals surface area contributed by atoms with Crippen LogP contribution in [0.3, 0.4) is 0 Å². The minimum absolute atomic E-state index is 0.436. The predicted octanol–water partition coefficient (Wildman–Crippen LogP) is 1.90. The lowest BCUT2D eigenvalue weighted by Crippen LogP contribution is -2.37. The van der Waals surface area contributed by atoms with Crippen LogP contribution in [-0.2, 0) is 9.59 Å². The molecular formula is C12H15NO3. The third kappa shape index (κ3) is 3.08. The summed E-state index contributed by atoms with van der Waals surface area (Å²) in [7, 11) is 0. The molecular weight excluding hydrogens is 206 g/mol. The Morgan fingerprint density at radius 1 is 1.25 bits per heavy atom. The lowest BCUT2D eigenvalue weighted by atomic mass is 10.2. The Kier molecular flexibility index (Phi) is 4.51. The first-order valence-corrected chi connectivity index (χ1v) is 5.26. The number of hydrogen-bond donors (Lipinski definition) is 1. The predicted molar refractivity (Wildman–Crippen MR) is 61.3 cm³/mol. The van der Waals surface area contributed by atoms with Gasteiger partial charge in [-0.15, -0.1) is 0 Å². The molecule has 0 unspecified atom stereocenters. The molecule has 0 radical (unpaired) electrons. The number of hydrogen-bond acceptors (Lipinski definition) is 2. The van der Waals surface area contributed by atoms with Crippen LogP contribution in [0, 0.1) is 0 Å². The van der Waals surface area contributed by atoms with E-state index in [1.165, 1.54) is 4.90 Å². The first-order chi connectivity index (χ1) is 7.66. The van der Waals surface area contributed by atoms with E-state index in [1.54, 1.807) is 24.3 Å². The van der Waals surface area contributed by atoms with Crippen molar-refractivity contribution in [2.24, 2.45) is 0 Å². The monoisotopic (exact) mass is 221 g/mol. The summed E-state index contributed by atoms with van der Waals surface area (Å²) in [6.07, 6.45) is 1.70. The molecule has 0 aliphatic rings. The number of para-hydroxylation sites is 1. The van der Waals surface area contributed by atoms with Crippen molar-refractivity contribution in [2.45, 2.75) is 19.8 Å². The summed E-state index contributed by atoms with van der Waals surface area (Å²) in [5, 5.41) is 8.72. The number of amides is 1. The molecule has 0 fully saturated rings. The molecule has 0 saturated carbocycles. The van der Waals surface area contributed by atoms with Crippen LogP contribution in [0.1, 0.15) is 19.8 Å². The van der Waals surface area contributed by atoms with Gasteiger partial charge in [0, 0.05) is 12.2 Å². The molecule has 0 saturated heterocycles. The molecule has 0 aliphatic carbocycles. The average Bonchev–Trinajstić information content (AvgIpc) is 2.30. The smallest absolute Gasteiger partial charge is 0.394 e. The van der Waals surface area contributed by atoms with Gasteiger partial charge >= 0.3 is 11.9 Å². The molecule has 16 heavy (non-hydrogen) atoms. The second-order valence-corrected chi connectivity index (χ2v) is 3.45. The van der Waals surface area contributed by atoms with E-state index >= 15 is 0 Å². The van der Waals surface area contributed by atoms with E-state index in [4.69, 9.17) is 5.11 Å². The van der Waals surface area contributed by atoms with Gasteiger partial charge < -0.3 is 10.0 Å². The van der Waals surface area contributed by atoms with Gasteiger partial charge in [0.2, 0.25) is 0 Å². The van der Waals surface area contributed by atoms with Crippen molar-refractivity contribution in [1.29, 1.82) is 0 Å². The third-order valence-corrected chi connectivity index (χ3v) is 2.23. The van der Waals surface area contributed by atoms with E-state index in [0.29, 0.717) is 12.2 Å². The van der Waals surface area contributed by atoms with Crippen LogP contribution in [0.25, 0.3) is 0 Å². The van der Waals surface area contributed by atoms with Crippen LogP contribution in [0.5, 0.6) is 0 Å². The number of carboxylic acids is 1. The molecule has 0 spiro atoms. The van der Waals surface area contributed by atoms with Gasteiger partial charge in [-0.2, -0.15) is 0 Å². The molecule has 86 valence electrons. The molecule has 4 heteroatoms. The normalized spacial score (nSPS) is 9.81. The van der Waals surface area contributed by atoms with Crippen molar-refractivity contribution in [2.75, 3.05) is 11.4 Å². The van der Waals surface area contributed by atoms with Crippen LogP contribution >= 0.6 is 0 Å². The van der Waals surface area contributed by atoms with Gasteiger partial charge in [0.15, 0.2) is 0 Å².